The third-order valence-corrected chi connectivity index (χ3v) is 2.60. The molecule has 0 atom stereocenters. The first-order chi connectivity index (χ1) is 9.79. The number of nitrogens with one attached hydrogen (secondary N) is 1. The Morgan fingerprint density at radius 1 is 1.40 bits per heavy atom. The van der Waals surface area contributed by atoms with Gasteiger partial charge < -0.3 is 15.8 Å². The molecule has 7 nitrogen and oxygen atoms in total. The highest BCUT2D eigenvalue weighted by molar-refractivity contribution is 5.51. The Morgan fingerprint density at radius 2 is 2.30 bits per heavy atom. The Morgan fingerprint density at radius 3 is 3.05 bits per heavy atom. The molecule has 0 saturated heterocycles. The standard InChI is InChI=1S/C13H18N6O/c1-2-3-6-15-12-11(8-16-13(14)18-12)20-9-10-5-4-7-17-19-10/h4-5,7-8H,2-3,6,9H2,1H3,(H3,14,15,16,18). The summed E-state index contributed by atoms with van der Waals surface area (Å²) in [4.78, 5) is 8.10. The first-order valence-corrected chi connectivity index (χ1v) is 6.55. The lowest BCUT2D eigenvalue weighted by Crippen LogP contribution is -2.09. The fourth-order valence-corrected chi connectivity index (χ4v) is 1.56. The third kappa shape index (κ3) is 4.04. The normalized spacial score (nSPS) is 10.2. The van der Waals surface area contributed by atoms with E-state index in [0.717, 1.165) is 25.1 Å². The van der Waals surface area contributed by atoms with Crippen molar-refractivity contribution < 1.29 is 4.74 Å². The van der Waals surface area contributed by atoms with E-state index in [0.29, 0.717) is 18.2 Å². The minimum Gasteiger partial charge on any atom is -0.482 e. The number of anilines is 2. The second kappa shape index (κ2) is 7.22. The van der Waals surface area contributed by atoms with Crippen LogP contribution >= 0.6 is 0 Å². The van der Waals surface area contributed by atoms with Crippen molar-refractivity contribution in [3.8, 4) is 5.75 Å². The molecule has 3 N–H and O–H groups in total. The Labute approximate surface area is 117 Å². The van der Waals surface area contributed by atoms with E-state index in [9.17, 15) is 0 Å². The monoisotopic (exact) mass is 274 g/mol. The first kappa shape index (κ1) is 14.0. The molecule has 0 amide bonds. The summed E-state index contributed by atoms with van der Waals surface area (Å²) in [7, 11) is 0. The summed E-state index contributed by atoms with van der Waals surface area (Å²) in [5.41, 5.74) is 6.34. The van der Waals surface area contributed by atoms with Crippen LogP contribution in [0, 0.1) is 0 Å². The van der Waals surface area contributed by atoms with Crippen LogP contribution in [0.25, 0.3) is 0 Å². The topological polar surface area (TPSA) is 98.8 Å². The lowest BCUT2D eigenvalue weighted by molar-refractivity contribution is 0.299. The number of rotatable bonds is 7. The van der Waals surface area contributed by atoms with Crippen LogP contribution in [0.1, 0.15) is 25.5 Å². The molecule has 2 aromatic rings. The van der Waals surface area contributed by atoms with Crippen molar-refractivity contribution in [2.75, 3.05) is 17.6 Å². The number of nitrogens with zero attached hydrogens (tertiary/aromatic N) is 4. The molecule has 0 aliphatic rings. The number of hydrogen-bond donors (Lipinski definition) is 2. The second-order valence-electron chi connectivity index (χ2n) is 4.23. The van der Waals surface area contributed by atoms with E-state index in [1.807, 2.05) is 12.1 Å². The predicted octanol–water partition coefficient (Wildman–Crippen LogP) is 1.64. The zero-order valence-electron chi connectivity index (χ0n) is 11.4. The summed E-state index contributed by atoms with van der Waals surface area (Å²) in [5, 5.41) is 11.0. The van der Waals surface area contributed by atoms with Gasteiger partial charge >= 0.3 is 0 Å². The van der Waals surface area contributed by atoms with Crippen LogP contribution in [-0.2, 0) is 6.61 Å². The zero-order valence-corrected chi connectivity index (χ0v) is 11.4. The maximum absolute atomic E-state index is 5.66. The van der Waals surface area contributed by atoms with E-state index in [-0.39, 0.29) is 5.95 Å². The van der Waals surface area contributed by atoms with Crippen LogP contribution in [0.3, 0.4) is 0 Å². The predicted molar refractivity (Wildman–Crippen MR) is 76.2 cm³/mol. The van der Waals surface area contributed by atoms with E-state index in [4.69, 9.17) is 10.5 Å². The molecule has 0 aliphatic carbocycles. The smallest absolute Gasteiger partial charge is 0.222 e. The summed E-state index contributed by atoms with van der Waals surface area (Å²) in [6.07, 6.45) is 5.33. The second-order valence-corrected chi connectivity index (χ2v) is 4.23. The first-order valence-electron chi connectivity index (χ1n) is 6.55. The van der Waals surface area contributed by atoms with Crippen LogP contribution < -0.4 is 15.8 Å². The van der Waals surface area contributed by atoms with E-state index in [1.165, 1.54) is 0 Å². The number of nitrogens with two attached hydrogens (primary N) is 1. The summed E-state index contributed by atoms with van der Waals surface area (Å²) >= 11 is 0. The third-order valence-electron chi connectivity index (χ3n) is 2.60. The Kier molecular flexibility index (Phi) is 5.05. The molecular formula is C13H18N6O. The molecule has 0 radical (unpaired) electrons. The van der Waals surface area contributed by atoms with Gasteiger partial charge in [0, 0.05) is 12.7 Å². The highest BCUT2D eigenvalue weighted by atomic mass is 16.5. The van der Waals surface area contributed by atoms with Gasteiger partial charge in [-0.1, -0.05) is 13.3 Å². The van der Waals surface area contributed by atoms with Crippen LogP contribution in [0.5, 0.6) is 5.75 Å². The van der Waals surface area contributed by atoms with Crippen LogP contribution in [0.2, 0.25) is 0 Å². The Bertz CT molecular complexity index is 534. The van der Waals surface area contributed by atoms with E-state index in [1.54, 1.807) is 12.4 Å². The van der Waals surface area contributed by atoms with Crippen molar-refractivity contribution in [2.24, 2.45) is 0 Å². The highest BCUT2D eigenvalue weighted by Crippen LogP contribution is 2.22. The van der Waals surface area contributed by atoms with Gasteiger partial charge in [0.2, 0.25) is 5.95 Å². The molecule has 0 fully saturated rings. The SMILES string of the molecule is CCCCNc1nc(N)ncc1OCc1cccnn1. The molecule has 7 heteroatoms. The summed E-state index contributed by atoms with van der Waals surface area (Å²) in [6.45, 7) is 3.25. The minimum absolute atomic E-state index is 0.218. The van der Waals surface area contributed by atoms with Crippen molar-refractivity contribution >= 4 is 11.8 Å². The number of nitrogen functional groups attached to an aromatic ring is 1. The lowest BCUT2D eigenvalue weighted by atomic mass is 10.3. The van der Waals surface area contributed by atoms with E-state index in [2.05, 4.69) is 32.4 Å². The fourth-order valence-electron chi connectivity index (χ4n) is 1.56. The molecule has 20 heavy (non-hydrogen) atoms. The molecule has 106 valence electrons. The Hall–Kier alpha value is -2.44. The summed E-state index contributed by atoms with van der Waals surface area (Å²) in [6, 6.07) is 3.65. The average Bonchev–Trinajstić information content (AvgIpc) is 2.48. The highest BCUT2D eigenvalue weighted by Gasteiger charge is 2.07. The van der Waals surface area contributed by atoms with Crippen molar-refractivity contribution in [1.29, 1.82) is 0 Å². The van der Waals surface area contributed by atoms with Gasteiger partial charge in [-0.25, -0.2) is 4.98 Å². The molecule has 2 rings (SSSR count). The van der Waals surface area contributed by atoms with Gasteiger partial charge in [0.05, 0.1) is 6.20 Å². The van der Waals surface area contributed by atoms with Crippen molar-refractivity contribution in [2.45, 2.75) is 26.4 Å². The summed E-state index contributed by atoms with van der Waals surface area (Å²) in [5.74, 6) is 1.38. The maximum atomic E-state index is 5.66. The molecule has 2 heterocycles. The van der Waals surface area contributed by atoms with Crippen LogP contribution in [-0.4, -0.2) is 26.7 Å². The molecule has 0 aliphatic heterocycles. The van der Waals surface area contributed by atoms with Gasteiger partial charge in [0.15, 0.2) is 11.6 Å². The van der Waals surface area contributed by atoms with E-state index < -0.39 is 0 Å². The lowest BCUT2D eigenvalue weighted by Gasteiger charge is -2.11. The van der Waals surface area contributed by atoms with Crippen LogP contribution in [0.15, 0.2) is 24.5 Å². The quantitative estimate of drug-likeness (QED) is 0.740. The Balaban J connectivity index is 2.02. The van der Waals surface area contributed by atoms with Crippen molar-refractivity contribution in [3.05, 3.63) is 30.2 Å². The molecular weight excluding hydrogens is 256 g/mol. The minimum atomic E-state index is 0.218. The van der Waals surface area contributed by atoms with E-state index >= 15 is 0 Å². The van der Waals surface area contributed by atoms with Crippen molar-refractivity contribution in [3.63, 3.8) is 0 Å². The van der Waals surface area contributed by atoms with Gasteiger partial charge in [-0.2, -0.15) is 15.2 Å². The largest absolute Gasteiger partial charge is 0.482 e. The molecule has 0 saturated carbocycles. The van der Waals surface area contributed by atoms with Crippen LogP contribution in [0.4, 0.5) is 11.8 Å². The molecule has 0 unspecified atom stereocenters. The fraction of sp³-hybridized carbons (Fsp3) is 0.385. The van der Waals surface area contributed by atoms with Gasteiger partial charge in [0.1, 0.15) is 12.3 Å². The number of aromatic nitrogens is 4. The van der Waals surface area contributed by atoms with Gasteiger partial charge in [-0.15, -0.1) is 0 Å². The number of ether oxygens (including phenoxy) is 1. The van der Waals surface area contributed by atoms with Crippen molar-refractivity contribution in [1.82, 2.24) is 20.2 Å². The molecule has 0 bridgehead atoms. The van der Waals surface area contributed by atoms with Gasteiger partial charge in [-0.3, -0.25) is 0 Å². The summed E-state index contributed by atoms with van der Waals surface area (Å²) < 4.78 is 5.66. The number of unbranched alkanes of at least 4 members (excludes halogenated alkanes) is 1. The molecule has 0 aromatic carbocycles. The zero-order chi connectivity index (χ0) is 14.2. The van der Waals surface area contributed by atoms with Gasteiger partial charge in [-0.05, 0) is 18.6 Å². The average molecular weight is 274 g/mol. The maximum Gasteiger partial charge on any atom is 0.222 e. The molecule has 0 spiro atoms. The van der Waals surface area contributed by atoms with Gasteiger partial charge in [0.25, 0.3) is 0 Å². The molecule has 2 aromatic heterocycles. The number of hydrogen-bond acceptors (Lipinski definition) is 7.